The van der Waals surface area contributed by atoms with Gasteiger partial charge in [0.15, 0.2) is 5.11 Å². The predicted molar refractivity (Wildman–Crippen MR) is 98.6 cm³/mol. The molecule has 138 valence electrons. The Morgan fingerprint density at radius 1 is 1.27 bits per heavy atom. The van der Waals surface area contributed by atoms with Crippen molar-refractivity contribution in [2.75, 3.05) is 12.4 Å². The van der Waals surface area contributed by atoms with Gasteiger partial charge in [0.25, 0.3) is 5.69 Å². The van der Waals surface area contributed by atoms with Gasteiger partial charge >= 0.3 is 6.61 Å². The second kappa shape index (κ2) is 8.52. The van der Waals surface area contributed by atoms with Gasteiger partial charge in [0.05, 0.1) is 11.0 Å². The number of nitro groups is 1. The number of halogens is 2. The summed E-state index contributed by atoms with van der Waals surface area (Å²) >= 11 is 5.35. The van der Waals surface area contributed by atoms with Crippen LogP contribution < -0.4 is 10.1 Å². The first-order chi connectivity index (χ1) is 12.3. The van der Waals surface area contributed by atoms with E-state index in [2.05, 4.69) is 10.1 Å². The van der Waals surface area contributed by atoms with Crippen molar-refractivity contribution in [3.63, 3.8) is 0 Å². The molecule has 0 spiro atoms. The maximum absolute atomic E-state index is 12.2. The molecule has 0 saturated heterocycles. The Kier molecular flexibility index (Phi) is 6.40. The normalized spacial score (nSPS) is 11.7. The molecule has 0 fully saturated rings. The smallest absolute Gasteiger partial charge is 0.387 e. The summed E-state index contributed by atoms with van der Waals surface area (Å²) < 4.78 is 28.6. The topological polar surface area (TPSA) is 67.6 Å². The van der Waals surface area contributed by atoms with Crippen LogP contribution in [0.5, 0.6) is 5.75 Å². The van der Waals surface area contributed by atoms with E-state index in [-0.39, 0.29) is 17.5 Å². The van der Waals surface area contributed by atoms with Crippen LogP contribution in [0.25, 0.3) is 0 Å². The third-order valence-corrected chi connectivity index (χ3v) is 4.19. The molecule has 0 aliphatic carbocycles. The Morgan fingerprint density at radius 2 is 1.92 bits per heavy atom. The predicted octanol–water partition coefficient (Wildman–Crippen LogP) is 4.59. The Balaban J connectivity index is 2.04. The molecule has 0 heterocycles. The Morgan fingerprint density at radius 3 is 2.50 bits per heavy atom. The number of rotatable bonds is 6. The SMILES string of the molecule is C[C@@H](c1cccc([N+](=O)[O-])c1)N(C)C(=S)Nc1ccc(OC(F)F)cc1. The number of hydrogen-bond donors (Lipinski definition) is 1. The summed E-state index contributed by atoms with van der Waals surface area (Å²) in [6.45, 7) is -1.01. The van der Waals surface area contributed by atoms with E-state index < -0.39 is 11.5 Å². The third-order valence-electron chi connectivity index (χ3n) is 3.80. The summed E-state index contributed by atoms with van der Waals surface area (Å²) in [5.74, 6) is 0.0507. The van der Waals surface area contributed by atoms with Crippen molar-refractivity contribution >= 4 is 28.7 Å². The molecule has 0 aliphatic heterocycles. The number of non-ortho nitro benzene ring substituents is 1. The lowest BCUT2D eigenvalue weighted by Gasteiger charge is -2.28. The number of ether oxygens (including phenoxy) is 1. The summed E-state index contributed by atoms with van der Waals surface area (Å²) in [5, 5.41) is 14.3. The first-order valence-electron chi connectivity index (χ1n) is 7.61. The lowest BCUT2D eigenvalue weighted by Crippen LogP contribution is -2.33. The number of hydrogen-bond acceptors (Lipinski definition) is 4. The van der Waals surface area contributed by atoms with E-state index in [0.29, 0.717) is 10.8 Å². The molecule has 6 nitrogen and oxygen atoms in total. The molecular weight excluding hydrogens is 364 g/mol. The maximum Gasteiger partial charge on any atom is 0.387 e. The minimum Gasteiger partial charge on any atom is -0.435 e. The van der Waals surface area contributed by atoms with E-state index in [0.717, 1.165) is 5.56 Å². The first kappa shape index (κ1) is 19.5. The van der Waals surface area contributed by atoms with Crippen molar-refractivity contribution in [3.8, 4) is 5.75 Å². The van der Waals surface area contributed by atoms with Gasteiger partial charge in [-0.05, 0) is 49.0 Å². The molecular formula is C17H17F2N3O3S. The van der Waals surface area contributed by atoms with Gasteiger partial charge in [-0.1, -0.05) is 12.1 Å². The van der Waals surface area contributed by atoms with Crippen LogP contribution in [0.4, 0.5) is 20.2 Å². The van der Waals surface area contributed by atoms with Gasteiger partial charge in [-0.15, -0.1) is 0 Å². The Labute approximate surface area is 154 Å². The molecule has 0 bridgehead atoms. The van der Waals surface area contributed by atoms with Crippen LogP contribution in [-0.2, 0) is 0 Å². The van der Waals surface area contributed by atoms with Crippen molar-refractivity contribution in [2.24, 2.45) is 0 Å². The van der Waals surface area contributed by atoms with Crippen molar-refractivity contribution in [1.82, 2.24) is 4.90 Å². The van der Waals surface area contributed by atoms with Crippen LogP contribution in [0.1, 0.15) is 18.5 Å². The fraction of sp³-hybridized carbons (Fsp3) is 0.235. The lowest BCUT2D eigenvalue weighted by molar-refractivity contribution is -0.384. The van der Waals surface area contributed by atoms with Crippen molar-refractivity contribution in [2.45, 2.75) is 19.6 Å². The Bertz CT molecular complexity index is 787. The molecule has 0 aromatic heterocycles. The van der Waals surface area contributed by atoms with Crippen molar-refractivity contribution in [3.05, 3.63) is 64.2 Å². The van der Waals surface area contributed by atoms with Crippen LogP contribution in [0, 0.1) is 10.1 Å². The Hall–Kier alpha value is -2.81. The molecule has 0 unspecified atom stereocenters. The largest absolute Gasteiger partial charge is 0.435 e. The zero-order valence-electron chi connectivity index (χ0n) is 14.1. The maximum atomic E-state index is 12.2. The number of nitrogens with one attached hydrogen (secondary N) is 1. The summed E-state index contributed by atoms with van der Waals surface area (Å²) in [7, 11) is 1.76. The molecule has 0 radical (unpaired) electrons. The van der Waals surface area contributed by atoms with Crippen molar-refractivity contribution in [1.29, 1.82) is 0 Å². The molecule has 0 aliphatic rings. The van der Waals surface area contributed by atoms with Gasteiger partial charge in [-0.3, -0.25) is 10.1 Å². The average Bonchev–Trinajstić information content (AvgIpc) is 2.61. The van der Waals surface area contributed by atoms with E-state index in [1.807, 2.05) is 6.92 Å². The third kappa shape index (κ3) is 5.09. The highest BCUT2D eigenvalue weighted by Crippen LogP contribution is 2.24. The quantitative estimate of drug-likeness (QED) is 0.449. The number of alkyl halides is 2. The zero-order chi connectivity index (χ0) is 19.3. The van der Waals surface area contributed by atoms with Crippen LogP contribution in [0.2, 0.25) is 0 Å². The van der Waals surface area contributed by atoms with E-state index in [1.54, 1.807) is 36.2 Å². The van der Waals surface area contributed by atoms with Gasteiger partial charge in [0, 0.05) is 24.9 Å². The van der Waals surface area contributed by atoms with E-state index in [4.69, 9.17) is 12.2 Å². The highest BCUT2D eigenvalue weighted by molar-refractivity contribution is 7.80. The second-order valence-corrected chi connectivity index (χ2v) is 5.86. The highest BCUT2D eigenvalue weighted by atomic mass is 32.1. The molecule has 2 rings (SSSR count). The first-order valence-corrected chi connectivity index (χ1v) is 8.02. The summed E-state index contributed by atoms with van der Waals surface area (Å²) in [6, 6.07) is 12.1. The zero-order valence-corrected chi connectivity index (χ0v) is 14.9. The molecule has 0 saturated carbocycles. The van der Waals surface area contributed by atoms with Gasteiger partial charge in [-0.2, -0.15) is 8.78 Å². The van der Waals surface area contributed by atoms with Crippen molar-refractivity contribution < 1.29 is 18.4 Å². The lowest BCUT2D eigenvalue weighted by atomic mass is 10.1. The van der Waals surface area contributed by atoms with Gasteiger partial charge in [-0.25, -0.2) is 0 Å². The summed E-state index contributed by atoms with van der Waals surface area (Å²) in [4.78, 5) is 12.2. The van der Waals surface area contributed by atoms with Crippen LogP contribution in [0.3, 0.4) is 0 Å². The van der Waals surface area contributed by atoms with Crippen LogP contribution in [0.15, 0.2) is 48.5 Å². The molecule has 2 aromatic rings. The summed E-state index contributed by atoms with van der Waals surface area (Å²) in [6.07, 6.45) is 0. The van der Waals surface area contributed by atoms with E-state index in [1.165, 1.54) is 24.3 Å². The number of thiocarbonyl (C=S) groups is 1. The average molecular weight is 381 g/mol. The van der Waals surface area contributed by atoms with E-state index >= 15 is 0 Å². The monoisotopic (exact) mass is 381 g/mol. The number of anilines is 1. The van der Waals surface area contributed by atoms with Crippen LogP contribution >= 0.6 is 12.2 Å². The number of nitro benzene ring substituents is 1. The fourth-order valence-corrected chi connectivity index (χ4v) is 2.51. The minimum atomic E-state index is -2.88. The molecule has 9 heteroatoms. The standard InChI is InChI=1S/C17H17F2N3O3S/c1-11(12-4-3-5-14(10-12)22(23)24)21(2)17(26)20-13-6-8-15(9-7-13)25-16(18)19/h3-11,16H,1-2H3,(H,20,26)/t11-/m0/s1. The van der Waals surface area contributed by atoms with Gasteiger partial charge in [0.2, 0.25) is 0 Å². The van der Waals surface area contributed by atoms with Gasteiger partial charge < -0.3 is 15.0 Å². The number of nitrogens with zero attached hydrogens (tertiary/aromatic N) is 2. The highest BCUT2D eigenvalue weighted by Gasteiger charge is 2.17. The molecule has 0 amide bonds. The second-order valence-electron chi connectivity index (χ2n) is 5.47. The molecule has 1 N–H and O–H groups in total. The molecule has 1 atom stereocenters. The molecule has 26 heavy (non-hydrogen) atoms. The number of benzene rings is 2. The van der Waals surface area contributed by atoms with E-state index in [9.17, 15) is 18.9 Å². The fourth-order valence-electron chi connectivity index (χ4n) is 2.23. The van der Waals surface area contributed by atoms with Gasteiger partial charge in [0.1, 0.15) is 5.75 Å². The molecule has 2 aromatic carbocycles. The minimum absolute atomic E-state index is 0.0104. The summed E-state index contributed by atoms with van der Waals surface area (Å²) in [5.41, 5.74) is 1.36. The van der Waals surface area contributed by atoms with Crippen LogP contribution in [-0.4, -0.2) is 28.6 Å².